The van der Waals surface area contributed by atoms with Gasteiger partial charge in [0.1, 0.15) is 0 Å². The van der Waals surface area contributed by atoms with Crippen LogP contribution in [0.5, 0.6) is 0 Å². The molecule has 1 amide bonds. The van der Waals surface area contributed by atoms with Crippen molar-refractivity contribution in [1.29, 1.82) is 0 Å². The summed E-state index contributed by atoms with van der Waals surface area (Å²) >= 11 is 6.18. The predicted octanol–water partition coefficient (Wildman–Crippen LogP) is 3.86. The minimum Gasteiger partial charge on any atom is -0.395 e. The van der Waals surface area contributed by atoms with Crippen LogP contribution in [-0.2, 0) is 17.6 Å². The first-order valence-corrected chi connectivity index (χ1v) is 10.8. The zero-order valence-corrected chi connectivity index (χ0v) is 17.9. The number of fused-ring (bicyclic) bond motifs is 2. The van der Waals surface area contributed by atoms with Crippen LogP contribution in [0.25, 0.3) is 17.0 Å². The van der Waals surface area contributed by atoms with Crippen LogP contribution in [0.2, 0.25) is 5.02 Å². The van der Waals surface area contributed by atoms with Crippen LogP contribution in [0.4, 0.5) is 0 Å². The zero-order valence-electron chi connectivity index (χ0n) is 17.1. The van der Waals surface area contributed by atoms with Crippen molar-refractivity contribution in [3.05, 3.63) is 75.9 Å². The van der Waals surface area contributed by atoms with Gasteiger partial charge in [-0.25, -0.2) is 5.48 Å². The number of rotatable bonds is 8. The van der Waals surface area contributed by atoms with E-state index in [9.17, 15) is 9.90 Å². The van der Waals surface area contributed by atoms with Crippen LogP contribution in [0.1, 0.15) is 34.7 Å². The Kier molecular flexibility index (Phi) is 6.73. The van der Waals surface area contributed by atoms with Gasteiger partial charge in [0.2, 0.25) is 0 Å². The van der Waals surface area contributed by atoms with Crippen molar-refractivity contribution in [3.8, 4) is 0 Å². The van der Waals surface area contributed by atoms with E-state index in [-0.39, 0.29) is 12.6 Å². The van der Waals surface area contributed by atoms with Gasteiger partial charge in [-0.3, -0.25) is 14.9 Å². The molecule has 1 aliphatic carbocycles. The quantitative estimate of drug-likeness (QED) is 0.244. The largest absolute Gasteiger partial charge is 0.395 e. The molecule has 3 aromatic rings. The van der Waals surface area contributed by atoms with Crippen LogP contribution in [0, 0.1) is 0 Å². The lowest BCUT2D eigenvalue weighted by atomic mass is 10.0. The summed E-state index contributed by atoms with van der Waals surface area (Å²) in [4.78, 5) is 16.9. The topological polar surface area (TPSA) is 88.6 Å². The molecular weight excluding hydrogens is 414 g/mol. The molecule has 162 valence electrons. The van der Waals surface area contributed by atoms with Crippen LogP contribution in [-0.4, -0.2) is 45.8 Å². The number of carbonyl (C=O) groups is 1. The van der Waals surface area contributed by atoms with Crippen molar-refractivity contribution in [2.45, 2.75) is 25.3 Å². The summed E-state index contributed by atoms with van der Waals surface area (Å²) in [5, 5.41) is 20.2. The number of carbonyl (C=O) groups excluding carboxylic acids is 1. The predicted molar refractivity (Wildman–Crippen MR) is 122 cm³/mol. The molecular formula is C24H26ClN3O3. The molecule has 1 aliphatic rings. The monoisotopic (exact) mass is 439 g/mol. The van der Waals surface area contributed by atoms with Crippen LogP contribution < -0.4 is 5.48 Å². The number of aromatic nitrogens is 1. The Hall–Kier alpha value is -2.64. The minimum atomic E-state index is -0.550. The van der Waals surface area contributed by atoms with Gasteiger partial charge in [0.15, 0.2) is 0 Å². The molecule has 1 aromatic heterocycles. The Morgan fingerprint density at radius 1 is 1.26 bits per heavy atom. The molecule has 0 radical (unpaired) electrons. The molecule has 0 bridgehead atoms. The fourth-order valence-corrected chi connectivity index (χ4v) is 4.65. The molecule has 4 N–H and O–H groups in total. The van der Waals surface area contributed by atoms with Crippen molar-refractivity contribution < 1.29 is 15.1 Å². The maximum atomic E-state index is 11.2. The Labute approximate surface area is 186 Å². The van der Waals surface area contributed by atoms with Crippen molar-refractivity contribution in [2.24, 2.45) is 0 Å². The summed E-state index contributed by atoms with van der Waals surface area (Å²) in [5.74, 6) is -0.550. The Balaban J connectivity index is 1.50. The molecule has 31 heavy (non-hydrogen) atoms. The van der Waals surface area contributed by atoms with Crippen LogP contribution in [0.15, 0.2) is 48.7 Å². The first-order chi connectivity index (χ1) is 15.1. The van der Waals surface area contributed by atoms with Crippen molar-refractivity contribution in [3.63, 3.8) is 0 Å². The molecule has 0 saturated carbocycles. The first kappa shape index (κ1) is 21.6. The van der Waals surface area contributed by atoms with E-state index in [2.05, 4.69) is 22.0 Å². The summed E-state index contributed by atoms with van der Waals surface area (Å²) < 4.78 is 0. The van der Waals surface area contributed by atoms with E-state index >= 15 is 0 Å². The number of aliphatic hydroxyl groups is 1. The van der Waals surface area contributed by atoms with Crippen molar-refractivity contribution in [1.82, 2.24) is 15.4 Å². The lowest BCUT2D eigenvalue weighted by Gasteiger charge is -2.29. The third-order valence-corrected chi connectivity index (χ3v) is 6.21. The number of hydrogen-bond donors (Lipinski definition) is 4. The van der Waals surface area contributed by atoms with Gasteiger partial charge in [-0.05, 0) is 65.8 Å². The Morgan fingerprint density at radius 2 is 2.13 bits per heavy atom. The molecule has 0 unspecified atom stereocenters. The average Bonchev–Trinajstić information content (AvgIpc) is 3.38. The summed E-state index contributed by atoms with van der Waals surface area (Å²) in [7, 11) is 0. The lowest BCUT2D eigenvalue weighted by Crippen LogP contribution is -2.32. The summed E-state index contributed by atoms with van der Waals surface area (Å²) in [5.41, 5.74) is 7.36. The highest BCUT2D eigenvalue weighted by Crippen LogP contribution is 2.36. The van der Waals surface area contributed by atoms with Gasteiger partial charge in [-0.1, -0.05) is 29.8 Å². The molecule has 1 heterocycles. The number of aromatic amines is 1. The average molecular weight is 440 g/mol. The van der Waals surface area contributed by atoms with Gasteiger partial charge in [0.05, 0.1) is 6.61 Å². The minimum absolute atomic E-state index is 0.114. The van der Waals surface area contributed by atoms with Gasteiger partial charge >= 0.3 is 0 Å². The molecule has 2 aromatic carbocycles. The number of aliphatic hydroxyl groups excluding tert-OH is 1. The van der Waals surface area contributed by atoms with Gasteiger partial charge in [0.25, 0.3) is 5.91 Å². The Morgan fingerprint density at radius 3 is 2.94 bits per heavy atom. The molecule has 7 heteroatoms. The van der Waals surface area contributed by atoms with Crippen LogP contribution >= 0.6 is 11.6 Å². The third-order valence-electron chi connectivity index (χ3n) is 5.98. The highest BCUT2D eigenvalue weighted by Gasteiger charge is 2.27. The van der Waals surface area contributed by atoms with Crippen molar-refractivity contribution in [2.75, 3.05) is 19.7 Å². The SMILES string of the molecule is O=C(/C=C/c1ccc2c(c1)CC[C@@H]2N(CCO)CCc1c[nH]c2ccc(Cl)cc12)NO. The fourth-order valence-electron chi connectivity index (χ4n) is 4.48. The lowest BCUT2D eigenvalue weighted by molar-refractivity contribution is -0.124. The Bertz CT molecular complexity index is 1110. The maximum Gasteiger partial charge on any atom is 0.267 e. The fraction of sp³-hybridized carbons (Fsp3) is 0.292. The number of hydrogen-bond acceptors (Lipinski definition) is 4. The first-order valence-electron chi connectivity index (χ1n) is 10.4. The van der Waals surface area contributed by atoms with E-state index in [1.807, 2.05) is 30.5 Å². The number of amides is 1. The second-order valence-electron chi connectivity index (χ2n) is 7.84. The highest BCUT2D eigenvalue weighted by molar-refractivity contribution is 6.31. The van der Waals surface area contributed by atoms with E-state index in [1.54, 1.807) is 11.6 Å². The summed E-state index contributed by atoms with van der Waals surface area (Å²) in [6.07, 6.45) is 7.86. The number of benzene rings is 2. The molecule has 0 aliphatic heterocycles. The molecule has 6 nitrogen and oxygen atoms in total. The molecule has 0 saturated heterocycles. The smallest absolute Gasteiger partial charge is 0.267 e. The number of hydroxylamine groups is 1. The second kappa shape index (κ2) is 9.66. The summed E-state index contributed by atoms with van der Waals surface area (Å²) in [6, 6.07) is 12.3. The number of halogens is 1. The van der Waals surface area contributed by atoms with E-state index in [4.69, 9.17) is 16.8 Å². The molecule has 0 spiro atoms. The number of H-pyrrole nitrogens is 1. The van der Waals surface area contributed by atoms with Gasteiger partial charge in [-0.15, -0.1) is 0 Å². The summed E-state index contributed by atoms with van der Waals surface area (Å²) in [6.45, 7) is 1.57. The van der Waals surface area contributed by atoms with Crippen molar-refractivity contribution >= 4 is 34.5 Å². The molecule has 4 rings (SSSR count). The van der Waals surface area contributed by atoms with Gasteiger partial charge in [-0.2, -0.15) is 0 Å². The second-order valence-corrected chi connectivity index (χ2v) is 8.27. The molecule has 0 fully saturated rings. The normalized spacial score (nSPS) is 15.8. The van der Waals surface area contributed by atoms with E-state index in [1.165, 1.54) is 22.8 Å². The van der Waals surface area contributed by atoms with Crippen LogP contribution in [0.3, 0.4) is 0 Å². The van der Waals surface area contributed by atoms with Gasteiger partial charge < -0.3 is 10.1 Å². The van der Waals surface area contributed by atoms with E-state index in [0.29, 0.717) is 6.54 Å². The molecule has 1 atom stereocenters. The standard InChI is InChI=1S/C24H26ClN3O3/c25-19-4-6-22-21(14-19)18(15-26-22)9-10-28(11-12-29)23-7-3-17-13-16(1-5-20(17)23)2-8-24(30)27-31/h1-2,4-6,8,13-15,23,26,29,31H,3,7,9-12H2,(H,27,30)/b8-2+/t23-/m0/s1. The van der Waals surface area contributed by atoms with E-state index < -0.39 is 5.91 Å². The number of nitrogens with zero attached hydrogens (tertiary/aromatic N) is 1. The highest BCUT2D eigenvalue weighted by atomic mass is 35.5. The van der Waals surface area contributed by atoms with Gasteiger partial charge in [0, 0.05) is 47.3 Å². The maximum absolute atomic E-state index is 11.2. The van der Waals surface area contributed by atoms with E-state index in [0.717, 1.165) is 47.3 Å². The third kappa shape index (κ3) is 4.83. The zero-order chi connectivity index (χ0) is 21.8. The number of aryl methyl sites for hydroxylation is 1. The number of nitrogens with one attached hydrogen (secondary N) is 2.